The van der Waals surface area contributed by atoms with Gasteiger partial charge in [0.25, 0.3) is 0 Å². The summed E-state index contributed by atoms with van der Waals surface area (Å²) in [5.74, 6) is -0.507. The molecule has 1 aromatic carbocycles. The highest BCUT2D eigenvalue weighted by molar-refractivity contribution is 6.59. The van der Waals surface area contributed by atoms with Gasteiger partial charge in [0.2, 0.25) is 0 Å². The number of hydrogen-bond donors (Lipinski definition) is 2. The minimum absolute atomic E-state index is 0.176. The molecule has 0 fully saturated rings. The predicted octanol–water partition coefficient (Wildman–Crippen LogP) is -0.177. The molecular weight excluding hydrogens is 174 g/mol. The summed E-state index contributed by atoms with van der Waals surface area (Å²) in [4.78, 5) is 0. The van der Waals surface area contributed by atoms with Crippen molar-refractivity contribution in [3.63, 3.8) is 0 Å². The molecule has 0 aromatic heterocycles. The summed E-state index contributed by atoms with van der Waals surface area (Å²) < 4.78 is 17.9. The molecule has 1 aromatic rings. The molecule has 70 valence electrons. The summed E-state index contributed by atoms with van der Waals surface area (Å²) in [5, 5.41) is 17.8. The quantitative estimate of drug-likeness (QED) is 0.627. The van der Waals surface area contributed by atoms with Crippen LogP contribution < -0.4 is 10.2 Å². The van der Waals surface area contributed by atoms with Gasteiger partial charge in [-0.3, -0.25) is 0 Å². The SMILES string of the molecule is COc1c(C)ccc(F)c1B(O)O. The Morgan fingerprint density at radius 1 is 1.38 bits per heavy atom. The van der Waals surface area contributed by atoms with Crippen molar-refractivity contribution in [2.24, 2.45) is 0 Å². The van der Waals surface area contributed by atoms with Crippen molar-refractivity contribution >= 4 is 12.6 Å². The molecular formula is C8H10BFO3. The molecule has 5 heteroatoms. The third-order valence-electron chi connectivity index (χ3n) is 1.80. The highest BCUT2D eigenvalue weighted by atomic mass is 19.1. The summed E-state index contributed by atoms with van der Waals surface area (Å²) >= 11 is 0. The van der Waals surface area contributed by atoms with Crippen LogP contribution >= 0.6 is 0 Å². The molecule has 0 spiro atoms. The van der Waals surface area contributed by atoms with Crippen molar-refractivity contribution in [3.8, 4) is 5.75 Å². The van der Waals surface area contributed by atoms with Crippen LogP contribution in [0.15, 0.2) is 12.1 Å². The molecule has 0 bridgehead atoms. The molecule has 0 atom stereocenters. The van der Waals surface area contributed by atoms with Crippen LogP contribution in [-0.4, -0.2) is 24.3 Å². The Bertz CT molecular complexity index is 315. The predicted molar refractivity (Wildman–Crippen MR) is 47.5 cm³/mol. The zero-order valence-electron chi connectivity index (χ0n) is 7.41. The number of benzene rings is 1. The second-order valence-corrected chi connectivity index (χ2v) is 2.68. The Hall–Kier alpha value is -1.07. The van der Waals surface area contributed by atoms with Gasteiger partial charge in [-0.1, -0.05) is 6.07 Å². The first-order chi connectivity index (χ1) is 6.07. The van der Waals surface area contributed by atoms with Gasteiger partial charge < -0.3 is 14.8 Å². The number of ether oxygens (including phenoxy) is 1. The van der Waals surface area contributed by atoms with E-state index < -0.39 is 12.9 Å². The molecule has 0 aliphatic rings. The highest BCUT2D eigenvalue weighted by Crippen LogP contribution is 2.16. The molecule has 13 heavy (non-hydrogen) atoms. The standard InChI is InChI=1S/C8H10BFO3/c1-5-3-4-6(10)7(9(11)12)8(5)13-2/h3-4,11-12H,1-2H3. The van der Waals surface area contributed by atoms with Crippen LogP contribution in [-0.2, 0) is 0 Å². The van der Waals surface area contributed by atoms with Gasteiger partial charge in [-0.2, -0.15) is 0 Å². The van der Waals surface area contributed by atoms with Crippen molar-refractivity contribution < 1.29 is 19.2 Å². The fraction of sp³-hybridized carbons (Fsp3) is 0.250. The lowest BCUT2D eigenvalue weighted by molar-refractivity contribution is 0.396. The molecule has 0 heterocycles. The minimum Gasteiger partial charge on any atom is -0.497 e. The fourth-order valence-corrected chi connectivity index (χ4v) is 1.20. The average molecular weight is 184 g/mol. The molecule has 0 saturated carbocycles. The Morgan fingerprint density at radius 2 is 2.00 bits per heavy atom. The lowest BCUT2D eigenvalue weighted by atomic mass is 9.78. The highest BCUT2D eigenvalue weighted by Gasteiger charge is 2.23. The molecule has 0 aliphatic heterocycles. The first-order valence-electron chi connectivity index (χ1n) is 3.77. The first kappa shape index (κ1) is 10.0. The molecule has 1 rings (SSSR count). The Balaban J connectivity index is 3.35. The zero-order chi connectivity index (χ0) is 10.0. The molecule has 2 N–H and O–H groups in total. The topological polar surface area (TPSA) is 49.7 Å². The summed E-state index contributed by atoms with van der Waals surface area (Å²) in [5.41, 5.74) is 0.439. The smallest absolute Gasteiger partial charge is 0.495 e. The third kappa shape index (κ3) is 1.81. The maximum Gasteiger partial charge on any atom is 0.495 e. The molecule has 0 unspecified atom stereocenters. The van der Waals surface area contributed by atoms with Crippen molar-refractivity contribution in [2.45, 2.75) is 6.92 Å². The lowest BCUT2D eigenvalue weighted by Crippen LogP contribution is -2.34. The summed E-state index contributed by atoms with van der Waals surface area (Å²) in [6.45, 7) is 1.70. The maximum atomic E-state index is 13.1. The van der Waals surface area contributed by atoms with Crippen molar-refractivity contribution in [2.75, 3.05) is 7.11 Å². The van der Waals surface area contributed by atoms with Crippen molar-refractivity contribution in [1.29, 1.82) is 0 Å². The van der Waals surface area contributed by atoms with Crippen molar-refractivity contribution in [1.82, 2.24) is 0 Å². The summed E-state index contributed by atoms with van der Waals surface area (Å²) in [6.07, 6.45) is 0. The van der Waals surface area contributed by atoms with Crippen LogP contribution in [0.2, 0.25) is 0 Å². The zero-order valence-corrected chi connectivity index (χ0v) is 7.41. The lowest BCUT2D eigenvalue weighted by Gasteiger charge is -2.11. The van der Waals surface area contributed by atoms with E-state index in [1.165, 1.54) is 19.2 Å². The van der Waals surface area contributed by atoms with Gasteiger partial charge in [0.15, 0.2) is 0 Å². The van der Waals surface area contributed by atoms with E-state index in [1.54, 1.807) is 6.92 Å². The first-order valence-corrected chi connectivity index (χ1v) is 3.77. The molecule has 0 amide bonds. The van der Waals surface area contributed by atoms with Gasteiger partial charge in [-0.25, -0.2) is 4.39 Å². The Labute approximate surface area is 75.9 Å². The molecule has 0 radical (unpaired) electrons. The van der Waals surface area contributed by atoms with Crippen LogP contribution in [0.1, 0.15) is 5.56 Å². The summed E-state index contributed by atoms with van der Waals surface area (Å²) in [7, 11) is -0.497. The van der Waals surface area contributed by atoms with Gasteiger partial charge >= 0.3 is 7.12 Å². The van der Waals surface area contributed by atoms with E-state index in [4.69, 9.17) is 14.8 Å². The van der Waals surface area contributed by atoms with Gasteiger partial charge in [0, 0.05) is 0 Å². The van der Waals surface area contributed by atoms with E-state index in [1.807, 2.05) is 0 Å². The molecule has 3 nitrogen and oxygen atoms in total. The number of methoxy groups -OCH3 is 1. The maximum absolute atomic E-state index is 13.1. The number of halogens is 1. The van der Waals surface area contributed by atoms with Crippen LogP contribution in [0, 0.1) is 12.7 Å². The second kappa shape index (κ2) is 3.76. The van der Waals surface area contributed by atoms with E-state index in [-0.39, 0.29) is 11.2 Å². The van der Waals surface area contributed by atoms with Gasteiger partial charge in [0.05, 0.1) is 12.6 Å². The fourth-order valence-electron chi connectivity index (χ4n) is 1.20. The number of aryl methyl sites for hydroxylation is 1. The minimum atomic E-state index is -1.85. The van der Waals surface area contributed by atoms with Crippen LogP contribution in [0.25, 0.3) is 0 Å². The number of hydrogen-bond acceptors (Lipinski definition) is 3. The van der Waals surface area contributed by atoms with Crippen LogP contribution in [0.5, 0.6) is 5.75 Å². The summed E-state index contributed by atoms with van der Waals surface area (Å²) in [6, 6.07) is 2.69. The third-order valence-corrected chi connectivity index (χ3v) is 1.80. The van der Waals surface area contributed by atoms with E-state index in [0.29, 0.717) is 5.56 Å². The monoisotopic (exact) mass is 184 g/mol. The molecule has 0 saturated heterocycles. The Morgan fingerprint density at radius 3 is 2.38 bits per heavy atom. The second-order valence-electron chi connectivity index (χ2n) is 2.68. The largest absolute Gasteiger partial charge is 0.497 e. The van der Waals surface area contributed by atoms with E-state index in [9.17, 15) is 4.39 Å². The number of rotatable bonds is 2. The normalized spacial score (nSPS) is 9.92. The van der Waals surface area contributed by atoms with E-state index in [2.05, 4.69) is 0 Å². The van der Waals surface area contributed by atoms with Gasteiger partial charge in [0.1, 0.15) is 11.6 Å². The molecule has 0 aliphatic carbocycles. The van der Waals surface area contributed by atoms with E-state index >= 15 is 0 Å². The van der Waals surface area contributed by atoms with Gasteiger partial charge in [-0.05, 0) is 18.6 Å². The average Bonchev–Trinajstić information content (AvgIpc) is 2.07. The van der Waals surface area contributed by atoms with E-state index in [0.717, 1.165) is 0 Å². The Kier molecular flexibility index (Phi) is 2.90. The van der Waals surface area contributed by atoms with Crippen LogP contribution in [0.3, 0.4) is 0 Å². The van der Waals surface area contributed by atoms with Gasteiger partial charge in [-0.15, -0.1) is 0 Å². The van der Waals surface area contributed by atoms with Crippen LogP contribution in [0.4, 0.5) is 4.39 Å². The van der Waals surface area contributed by atoms with Crippen molar-refractivity contribution in [3.05, 3.63) is 23.5 Å².